The minimum atomic E-state index is -0.790. The molecule has 7 heteroatoms. The molecule has 0 aliphatic heterocycles. The predicted octanol–water partition coefficient (Wildman–Crippen LogP) is 3.07. The van der Waals surface area contributed by atoms with Crippen LogP contribution in [0.15, 0.2) is 65.2 Å². The molecule has 0 atom stereocenters. The normalized spacial score (nSPS) is 10.8. The number of esters is 1. The maximum absolute atomic E-state index is 12.3. The van der Waals surface area contributed by atoms with E-state index in [9.17, 15) is 14.4 Å². The molecule has 2 aromatic carbocycles. The minimum Gasteiger partial charge on any atom is -0.451 e. The molecule has 27 heavy (non-hydrogen) atoms. The molecule has 0 aliphatic carbocycles. The molecule has 0 spiro atoms. The fraction of sp³-hybridized carbons (Fsp3) is 0.150. The molecule has 0 saturated carbocycles. The lowest BCUT2D eigenvalue weighted by molar-refractivity contribution is -0.144. The lowest BCUT2D eigenvalue weighted by Crippen LogP contribution is -2.28. The monoisotopic (exact) mass is 384 g/mol. The number of anilines is 1. The van der Waals surface area contributed by atoms with Gasteiger partial charge in [-0.05, 0) is 36.1 Å². The third kappa shape index (κ3) is 6.99. The van der Waals surface area contributed by atoms with Crippen molar-refractivity contribution in [3.05, 3.63) is 65.9 Å². The van der Waals surface area contributed by atoms with E-state index >= 15 is 0 Å². The summed E-state index contributed by atoms with van der Waals surface area (Å²) in [7, 11) is 0. The average Bonchev–Trinajstić information content (AvgIpc) is 2.66. The fourth-order valence-corrected chi connectivity index (χ4v) is 2.62. The molecule has 2 amide bonds. The van der Waals surface area contributed by atoms with E-state index in [1.165, 1.54) is 13.0 Å². The molecule has 2 aromatic rings. The number of carbonyl (C=O) groups excluding carboxylic acids is 3. The van der Waals surface area contributed by atoms with E-state index in [0.717, 1.165) is 10.5 Å². The highest BCUT2D eigenvalue weighted by molar-refractivity contribution is 7.98. The van der Waals surface area contributed by atoms with Crippen molar-refractivity contribution in [1.82, 2.24) is 5.32 Å². The number of ether oxygens (including phenoxy) is 1. The fourth-order valence-electron chi connectivity index (χ4n) is 2.16. The summed E-state index contributed by atoms with van der Waals surface area (Å²) >= 11 is 1.55. The number of nitrogens with one attached hydrogen (secondary N) is 2. The number of carbonyl (C=O) groups is 3. The standard InChI is InChI=1S/C20H20N2O4S/c1-14(23)21-18(11-15-7-4-3-5-8-15)20(25)26-13-19(24)22-16-9-6-10-17(12-16)27-2/h3-12H,13H2,1-2H3,(H,21,23)(H,22,24)/b18-11-. The number of thioether (sulfide) groups is 1. The second-order valence-corrected chi connectivity index (χ2v) is 6.39. The molecular weight excluding hydrogens is 364 g/mol. The van der Waals surface area contributed by atoms with Gasteiger partial charge in [0.25, 0.3) is 5.91 Å². The SMILES string of the molecule is CSc1cccc(NC(=O)COC(=O)/C(=C/c2ccccc2)NC(C)=O)c1. The number of hydrogen-bond donors (Lipinski definition) is 2. The van der Waals surface area contributed by atoms with Crippen molar-refractivity contribution in [3.8, 4) is 0 Å². The molecule has 2 N–H and O–H groups in total. The van der Waals surface area contributed by atoms with Gasteiger partial charge in [0.2, 0.25) is 5.91 Å². The first-order valence-corrected chi connectivity index (χ1v) is 9.36. The Bertz CT molecular complexity index is 850. The third-order valence-corrected chi connectivity index (χ3v) is 4.05. The smallest absolute Gasteiger partial charge is 0.355 e. The summed E-state index contributed by atoms with van der Waals surface area (Å²) in [5, 5.41) is 5.09. The van der Waals surface area contributed by atoms with Gasteiger partial charge >= 0.3 is 5.97 Å². The van der Waals surface area contributed by atoms with Gasteiger partial charge in [0, 0.05) is 17.5 Å². The molecule has 0 aromatic heterocycles. The highest BCUT2D eigenvalue weighted by atomic mass is 32.2. The minimum absolute atomic E-state index is 0.0362. The summed E-state index contributed by atoms with van der Waals surface area (Å²) in [6.07, 6.45) is 3.43. The number of benzene rings is 2. The van der Waals surface area contributed by atoms with Gasteiger partial charge in [0.15, 0.2) is 6.61 Å². The molecule has 6 nitrogen and oxygen atoms in total. The van der Waals surface area contributed by atoms with Gasteiger partial charge < -0.3 is 15.4 Å². The van der Waals surface area contributed by atoms with Crippen LogP contribution in [0.5, 0.6) is 0 Å². The van der Waals surface area contributed by atoms with Crippen LogP contribution in [-0.2, 0) is 19.1 Å². The second kappa shape index (κ2) is 10.2. The van der Waals surface area contributed by atoms with E-state index in [1.54, 1.807) is 42.1 Å². The van der Waals surface area contributed by atoms with Gasteiger partial charge in [-0.2, -0.15) is 0 Å². The summed E-state index contributed by atoms with van der Waals surface area (Å²) in [5.74, 6) is -1.67. The molecule has 140 valence electrons. The summed E-state index contributed by atoms with van der Waals surface area (Å²) < 4.78 is 5.03. The topological polar surface area (TPSA) is 84.5 Å². The van der Waals surface area contributed by atoms with Gasteiger partial charge in [0.1, 0.15) is 5.70 Å². The van der Waals surface area contributed by atoms with Crippen LogP contribution in [0.2, 0.25) is 0 Å². The van der Waals surface area contributed by atoms with E-state index < -0.39 is 24.4 Å². The van der Waals surface area contributed by atoms with E-state index in [-0.39, 0.29) is 5.70 Å². The lowest BCUT2D eigenvalue weighted by atomic mass is 10.2. The number of amides is 2. The maximum atomic E-state index is 12.3. The Balaban J connectivity index is 1.99. The van der Waals surface area contributed by atoms with Gasteiger partial charge in [-0.25, -0.2) is 4.79 Å². The van der Waals surface area contributed by atoms with Gasteiger partial charge in [-0.15, -0.1) is 11.8 Å². The molecule has 0 bridgehead atoms. The van der Waals surface area contributed by atoms with Crippen LogP contribution in [0.4, 0.5) is 5.69 Å². The van der Waals surface area contributed by atoms with Crippen molar-refractivity contribution in [3.63, 3.8) is 0 Å². The maximum Gasteiger partial charge on any atom is 0.355 e. The first-order valence-electron chi connectivity index (χ1n) is 8.13. The van der Waals surface area contributed by atoms with Crippen molar-refractivity contribution in [1.29, 1.82) is 0 Å². The third-order valence-electron chi connectivity index (χ3n) is 3.33. The zero-order valence-corrected chi connectivity index (χ0v) is 15.8. The second-order valence-electron chi connectivity index (χ2n) is 5.51. The quantitative estimate of drug-likeness (QED) is 0.435. The van der Waals surface area contributed by atoms with Crippen LogP contribution in [0.3, 0.4) is 0 Å². The Morgan fingerprint density at radius 3 is 2.48 bits per heavy atom. The van der Waals surface area contributed by atoms with Crippen molar-refractivity contribution < 1.29 is 19.1 Å². The van der Waals surface area contributed by atoms with E-state index in [0.29, 0.717) is 5.69 Å². The molecule has 0 fully saturated rings. The summed E-state index contributed by atoms with van der Waals surface area (Å²) in [5.41, 5.74) is 1.30. The highest BCUT2D eigenvalue weighted by Crippen LogP contribution is 2.18. The molecule has 2 rings (SSSR count). The van der Waals surface area contributed by atoms with E-state index in [2.05, 4.69) is 10.6 Å². The molecule has 0 radical (unpaired) electrons. The van der Waals surface area contributed by atoms with E-state index in [1.807, 2.05) is 30.5 Å². The van der Waals surface area contributed by atoms with Crippen LogP contribution in [0, 0.1) is 0 Å². The van der Waals surface area contributed by atoms with Crippen molar-refractivity contribution >= 4 is 41.3 Å². The first-order chi connectivity index (χ1) is 13.0. The first kappa shape index (κ1) is 20.3. The summed E-state index contributed by atoms with van der Waals surface area (Å²) in [6.45, 7) is 0.825. The van der Waals surface area contributed by atoms with Crippen LogP contribution < -0.4 is 10.6 Å². The molecule has 0 unspecified atom stereocenters. The van der Waals surface area contributed by atoms with Crippen LogP contribution in [0.25, 0.3) is 6.08 Å². The zero-order chi connectivity index (χ0) is 19.6. The lowest BCUT2D eigenvalue weighted by Gasteiger charge is -2.10. The highest BCUT2D eigenvalue weighted by Gasteiger charge is 2.15. The molecule has 0 heterocycles. The Kier molecular flexibility index (Phi) is 7.63. The van der Waals surface area contributed by atoms with Crippen molar-refractivity contribution in [2.75, 3.05) is 18.2 Å². The number of rotatable bonds is 7. The van der Waals surface area contributed by atoms with Crippen LogP contribution in [-0.4, -0.2) is 30.6 Å². The Hall–Kier alpha value is -3.06. The zero-order valence-electron chi connectivity index (χ0n) is 15.0. The predicted molar refractivity (Wildman–Crippen MR) is 106 cm³/mol. The summed E-state index contributed by atoms with van der Waals surface area (Å²) in [4.78, 5) is 36.6. The average molecular weight is 384 g/mol. The Labute approximate surface area is 162 Å². The van der Waals surface area contributed by atoms with Gasteiger partial charge in [-0.1, -0.05) is 36.4 Å². The Morgan fingerprint density at radius 2 is 1.81 bits per heavy atom. The van der Waals surface area contributed by atoms with Gasteiger partial charge in [0.05, 0.1) is 0 Å². The largest absolute Gasteiger partial charge is 0.451 e. The van der Waals surface area contributed by atoms with Crippen LogP contribution >= 0.6 is 11.8 Å². The number of hydrogen-bond acceptors (Lipinski definition) is 5. The Morgan fingerprint density at radius 1 is 1.07 bits per heavy atom. The molecule has 0 saturated heterocycles. The van der Waals surface area contributed by atoms with Crippen molar-refractivity contribution in [2.24, 2.45) is 0 Å². The van der Waals surface area contributed by atoms with Crippen LogP contribution in [0.1, 0.15) is 12.5 Å². The molecular formula is C20H20N2O4S. The summed E-state index contributed by atoms with van der Waals surface area (Å²) in [6, 6.07) is 16.3. The van der Waals surface area contributed by atoms with Crippen molar-refractivity contribution in [2.45, 2.75) is 11.8 Å². The van der Waals surface area contributed by atoms with Gasteiger partial charge in [-0.3, -0.25) is 9.59 Å². The molecule has 0 aliphatic rings. The van der Waals surface area contributed by atoms with E-state index in [4.69, 9.17) is 4.74 Å².